The van der Waals surface area contributed by atoms with Crippen LogP contribution in [0, 0.1) is 6.92 Å². The van der Waals surface area contributed by atoms with E-state index in [0.29, 0.717) is 6.04 Å². The average molecular weight is 230 g/mol. The van der Waals surface area contributed by atoms with Crippen molar-refractivity contribution in [3.05, 3.63) is 30.0 Å². The minimum absolute atomic E-state index is 0.539. The van der Waals surface area contributed by atoms with Gasteiger partial charge in [0.2, 0.25) is 0 Å². The van der Waals surface area contributed by atoms with Gasteiger partial charge < -0.3 is 15.0 Å². The summed E-state index contributed by atoms with van der Waals surface area (Å²) >= 11 is 0. The Morgan fingerprint density at radius 3 is 2.94 bits per heavy atom. The first-order valence-corrected chi connectivity index (χ1v) is 6.25. The quantitative estimate of drug-likeness (QED) is 0.832. The van der Waals surface area contributed by atoms with Gasteiger partial charge in [0.1, 0.15) is 0 Å². The minimum Gasteiger partial charge on any atom is -0.381 e. The van der Waals surface area contributed by atoms with Crippen LogP contribution in [0.5, 0.6) is 0 Å². The highest BCUT2D eigenvalue weighted by Gasteiger charge is 2.14. The lowest BCUT2D eigenvalue weighted by Gasteiger charge is -2.24. The van der Waals surface area contributed by atoms with Gasteiger partial charge in [0, 0.05) is 30.8 Å². The molecule has 2 N–H and O–H groups in total. The summed E-state index contributed by atoms with van der Waals surface area (Å²) in [6, 6.07) is 7.09. The molecule has 2 aromatic rings. The van der Waals surface area contributed by atoms with Crippen molar-refractivity contribution in [2.24, 2.45) is 0 Å². The van der Waals surface area contributed by atoms with E-state index in [4.69, 9.17) is 4.74 Å². The number of aryl methyl sites for hydroxylation is 1. The Balaban J connectivity index is 1.90. The lowest BCUT2D eigenvalue weighted by molar-refractivity contribution is 0.0905. The van der Waals surface area contributed by atoms with Crippen LogP contribution in [0.15, 0.2) is 24.4 Å². The summed E-state index contributed by atoms with van der Waals surface area (Å²) in [5.41, 5.74) is 3.73. The van der Waals surface area contributed by atoms with Gasteiger partial charge in [0.15, 0.2) is 0 Å². The molecule has 0 amide bonds. The maximum absolute atomic E-state index is 5.39. The van der Waals surface area contributed by atoms with Gasteiger partial charge in [-0.1, -0.05) is 0 Å². The van der Waals surface area contributed by atoms with Crippen molar-refractivity contribution >= 4 is 16.6 Å². The van der Waals surface area contributed by atoms with Crippen LogP contribution in [0.4, 0.5) is 5.69 Å². The van der Waals surface area contributed by atoms with E-state index < -0.39 is 0 Å². The highest BCUT2D eigenvalue weighted by molar-refractivity contribution is 5.91. The summed E-state index contributed by atoms with van der Waals surface area (Å²) in [5.74, 6) is 0. The molecule has 1 aliphatic heterocycles. The third-order valence-corrected chi connectivity index (χ3v) is 3.38. The van der Waals surface area contributed by atoms with Crippen molar-refractivity contribution in [2.45, 2.75) is 25.8 Å². The molecule has 1 aromatic carbocycles. The molecule has 0 bridgehead atoms. The molecule has 3 heteroatoms. The van der Waals surface area contributed by atoms with E-state index in [-0.39, 0.29) is 0 Å². The van der Waals surface area contributed by atoms with Gasteiger partial charge in [0.25, 0.3) is 0 Å². The first-order valence-electron chi connectivity index (χ1n) is 6.25. The molecule has 0 atom stereocenters. The highest BCUT2D eigenvalue weighted by Crippen LogP contribution is 2.26. The first kappa shape index (κ1) is 10.7. The van der Waals surface area contributed by atoms with Gasteiger partial charge in [-0.05, 0) is 43.5 Å². The van der Waals surface area contributed by atoms with Crippen molar-refractivity contribution in [1.82, 2.24) is 4.98 Å². The van der Waals surface area contributed by atoms with Crippen LogP contribution < -0.4 is 5.32 Å². The maximum atomic E-state index is 5.39. The number of rotatable bonds is 2. The molecule has 3 nitrogen and oxygen atoms in total. The summed E-state index contributed by atoms with van der Waals surface area (Å²) < 4.78 is 5.39. The number of aromatic nitrogens is 1. The number of hydrogen-bond acceptors (Lipinski definition) is 2. The predicted octanol–water partition coefficient (Wildman–Crippen LogP) is 3.07. The molecule has 0 saturated carbocycles. The fourth-order valence-electron chi connectivity index (χ4n) is 2.50. The Bertz CT molecular complexity index is 512. The molecular formula is C14H18N2O. The molecule has 2 heterocycles. The Morgan fingerprint density at radius 2 is 2.12 bits per heavy atom. The fourth-order valence-corrected chi connectivity index (χ4v) is 2.50. The fraction of sp³-hybridized carbons (Fsp3) is 0.429. The number of fused-ring (bicyclic) bond motifs is 1. The Hall–Kier alpha value is -1.48. The SMILES string of the molecule is Cc1cc(NC2CCOCC2)c2[nH]ccc2c1. The van der Waals surface area contributed by atoms with E-state index in [9.17, 15) is 0 Å². The second-order valence-electron chi connectivity index (χ2n) is 4.79. The minimum atomic E-state index is 0.539. The van der Waals surface area contributed by atoms with Crippen LogP contribution in [0.1, 0.15) is 18.4 Å². The van der Waals surface area contributed by atoms with Crippen LogP contribution in [0.3, 0.4) is 0 Å². The molecule has 0 spiro atoms. The van der Waals surface area contributed by atoms with Crippen LogP contribution in [0.2, 0.25) is 0 Å². The number of H-pyrrole nitrogens is 1. The second-order valence-corrected chi connectivity index (χ2v) is 4.79. The lowest BCUT2D eigenvalue weighted by atomic mass is 10.1. The van der Waals surface area contributed by atoms with Crippen molar-refractivity contribution in [2.75, 3.05) is 18.5 Å². The molecule has 0 unspecified atom stereocenters. The summed E-state index contributed by atoms with van der Waals surface area (Å²) in [4.78, 5) is 3.31. The van der Waals surface area contributed by atoms with Crippen molar-refractivity contribution in [1.29, 1.82) is 0 Å². The third-order valence-electron chi connectivity index (χ3n) is 3.38. The smallest absolute Gasteiger partial charge is 0.0689 e. The monoisotopic (exact) mass is 230 g/mol. The normalized spacial score (nSPS) is 17.5. The molecular weight excluding hydrogens is 212 g/mol. The van der Waals surface area contributed by atoms with E-state index >= 15 is 0 Å². The van der Waals surface area contributed by atoms with Crippen molar-refractivity contribution < 1.29 is 4.74 Å². The Kier molecular flexibility index (Phi) is 2.77. The topological polar surface area (TPSA) is 37.0 Å². The number of hydrogen-bond donors (Lipinski definition) is 2. The van der Waals surface area contributed by atoms with E-state index in [0.717, 1.165) is 26.1 Å². The van der Waals surface area contributed by atoms with Gasteiger partial charge in [0.05, 0.1) is 11.2 Å². The van der Waals surface area contributed by atoms with Crippen molar-refractivity contribution in [3.63, 3.8) is 0 Å². The van der Waals surface area contributed by atoms with Crippen LogP contribution in [-0.4, -0.2) is 24.2 Å². The maximum Gasteiger partial charge on any atom is 0.0689 e. The van der Waals surface area contributed by atoms with Crippen molar-refractivity contribution in [3.8, 4) is 0 Å². The van der Waals surface area contributed by atoms with Crippen LogP contribution in [-0.2, 0) is 4.74 Å². The average Bonchev–Trinajstić information content (AvgIpc) is 2.78. The summed E-state index contributed by atoms with van der Waals surface area (Å²) in [6.45, 7) is 3.89. The molecule has 1 fully saturated rings. The number of benzene rings is 1. The van der Waals surface area contributed by atoms with Crippen LogP contribution >= 0.6 is 0 Å². The second kappa shape index (κ2) is 4.41. The molecule has 17 heavy (non-hydrogen) atoms. The number of anilines is 1. The number of ether oxygens (including phenoxy) is 1. The summed E-state index contributed by atoms with van der Waals surface area (Å²) in [7, 11) is 0. The third kappa shape index (κ3) is 2.15. The standard InChI is InChI=1S/C14H18N2O/c1-10-8-11-2-5-15-14(11)13(9-10)16-12-3-6-17-7-4-12/h2,5,8-9,12,15-16H,3-4,6-7H2,1H3. The molecule has 0 radical (unpaired) electrons. The van der Waals surface area contributed by atoms with E-state index in [2.05, 4.69) is 35.4 Å². The zero-order valence-electron chi connectivity index (χ0n) is 10.1. The molecule has 1 aliphatic rings. The highest BCUT2D eigenvalue weighted by atomic mass is 16.5. The van der Waals surface area contributed by atoms with Gasteiger partial charge >= 0.3 is 0 Å². The van der Waals surface area contributed by atoms with Gasteiger partial charge in [-0.3, -0.25) is 0 Å². The zero-order valence-corrected chi connectivity index (χ0v) is 10.1. The largest absolute Gasteiger partial charge is 0.381 e. The molecule has 0 aliphatic carbocycles. The van der Waals surface area contributed by atoms with Crippen LogP contribution in [0.25, 0.3) is 10.9 Å². The number of aromatic amines is 1. The molecule has 90 valence electrons. The van der Waals surface area contributed by atoms with E-state index in [1.807, 2.05) is 6.20 Å². The van der Waals surface area contributed by atoms with Gasteiger partial charge in [-0.25, -0.2) is 0 Å². The molecule has 1 aromatic heterocycles. The van der Waals surface area contributed by atoms with E-state index in [1.54, 1.807) is 0 Å². The first-order chi connectivity index (χ1) is 8.33. The summed E-state index contributed by atoms with van der Waals surface area (Å²) in [5, 5.41) is 4.92. The molecule has 1 saturated heterocycles. The van der Waals surface area contributed by atoms with Gasteiger partial charge in [-0.15, -0.1) is 0 Å². The zero-order chi connectivity index (χ0) is 11.7. The summed E-state index contributed by atoms with van der Waals surface area (Å²) in [6.07, 6.45) is 4.19. The van der Waals surface area contributed by atoms with E-state index in [1.165, 1.54) is 22.2 Å². The Labute approximate surface area is 101 Å². The lowest BCUT2D eigenvalue weighted by Crippen LogP contribution is -2.27. The number of nitrogens with one attached hydrogen (secondary N) is 2. The molecule has 3 rings (SSSR count). The van der Waals surface area contributed by atoms with Gasteiger partial charge in [-0.2, -0.15) is 0 Å². The predicted molar refractivity (Wildman–Crippen MR) is 70.5 cm³/mol. The Morgan fingerprint density at radius 1 is 1.29 bits per heavy atom.